The maximum Gasteiger partial charge on any atom is 0.306 e. The monoisotopic (exact) mass is 840 g/mol. The van der Waals surface area contributed by atoms with Crippen LogP contribution in [0.1, 0.15) is 245 Å². The van der Waals surface area contributed by atoms with Gasteiger partial charge in [0.1, 0.15) is 13.2 Å². The van der Waals surface area contributed by atoms with Crippen LogP contribution in [-0.4, -0.2) is 82.3 Å². The summed E-state index contributed by atoms with van der Waals surface area (Å²) in [7, 11) is 5.92. The topological polar surface area (TPSA) is 111 Å². The maximum absolute atomic E-state index is 12.8. The van der Waals surface area contributed by atoms with Crippen LogP contribution in [0.4, 0.5) is 0 Å². The van der Waals surface area contributed by atoms with Gasteiger partial charge < -0.3 is 33.3 Å². The Kier molecular flexibility index (Phi) is 41.7. The molecular formula is C50H97NO8. The number of nitrogens with zero attached hydrogens (tertiary/aromatic N) is 1. The third-order valence-electron chi connectivity index (χ3n) is 11.4. The molecule has 0 aliphatic heterocycles. The first-order valence-corrected chi connectivity index (χ1v) is 25.2. The van der Waals surface area contributed by atoms with Crippen molar-refractivity contribution in [2.75, 3.05) is 47.5 Å². The zero-order valence-corrected chi connectivity index (χ0v) is 39.7. The molecule has 9 nitrogen and oxygen atoms in total. The first kappa shape index (κ1) is 57.3. The van der Waals surface area contributed by atoms with Gasteiger partial charge in [-0.15, -0.1) is 0 Å². The number of aliphatic carboxylic acids is 1. The lowest BCUT2D eigenvalue weighted by atomic mass is 10.0. The molecule has 0 aliphatic rings. The number of likely N-dealkylation sites (N-methyl/N-ethyl adjacent to an activating group) is 1. The number of carboxylic acids is 1. The standard InChI is InChI=1S/C50H97NO8/c1-6-8-10-12-14-16-18-20-21-22-23-24-25-26-27-29-31-33-35-37-39-41-48(53)59-46(45-58-50(49(54)55)56-43-42-51(3,4)5)44-57-47(52)40-38-36-34-32-30-28-19-17-15-13-11-9-7-2/h46,50H,6-45H2,1-5H3. The largest absolute Gasteiger partial charge is 0.545 e. The van der Waals surface area contributed by atoms with E-state index in [1.54, 1.807) is 0 Å². The van der Waals surface area contributed by atoms with Crippen molar-refractivity contribution in [1.29, 1.82) is 0 Å². The lowest BCUT2D eigenvalue weighted by Gasteiger charge is -2.26. The van der Waals surface area contributed by atoms with Crippen molar-refractivity contribution in [3.8, 4) is 0 Å². The molecule has 2 atom stereocenters. The maximum atomic E-state index is 12.8. The van der Waals surface area contributed by atoms with Gasteiger partial charge in [-0.2, -0.15) is 0 Å². The fourth-order valence-electron chi connectivity index (χ4n) is 7.42. The molecule has 0 saturated heterocycles. The first-order valence-electron chi connectivity index (χ1n) is 25.2. The number of hydrogen-bond acceptors (Lipinski definition) is 8. The highest BCUT2D eigenvalue weighted by atomic mass is 16.7. The molecule has 0 radical (unpaired) electrons. The van der Waals surface area contributed by atoms with Crippen molar-refractivity contribution in [2.45, 2.75) is 257 Å². The van der Waals surface area contributed by atoms with Gasteiger partial charge in [-0.1, -0.05) is 219 Å². The summed E-state index contributed by atoms with van der Waals surface area (Å²) in [5, 5.41) is 11.7. The number of hydrogen-bond donors (Lipinski definition) is 0. The van der Waals surface area contributed by atoms with Crippen LogP contribution < -0.4 is 5.11 Å². The number of unbranched alkanes of at least 4 members (excludes halogenated alkanes) is 32. The summed E-state index contributed by atoms with van der Waals surface area (Å²) in [6, 6.07) is 0. The van der Waals surface area contributed by atoms with Crippen molar-refractivity contribution in [1.82, 2.24) is 0 Å². The summed E-state index contributed by atoms with van der Waals surface area (Å²) in [6.07, 6.45) is 41.3. The summed E-state index contributed by atoms with van der Waals surface area (Å²) in [5.41, 5.74) is 0. The number of carbonyl (C=O) groups is 3. The molecule has 59 heavy (non-hydrogen) atoms. The molecule has 0 aromatic carbocycles. The minimum atomic E-state index is -1.61. The van der Waals surface area contributed by atoms with Crippen molar-refractivity contribution < 1.29 is 42.9 Å². The Balaban J connectivity index is 4.27. The van der Waals surface area contributed by atoms with Gasteiger partial charge in [-0.05, 0) is 12.8 Å². The van der Waals surface area contributed by atoms with Gasteiger partial charge in [-0.25, -0.2) is 0 Å². The SMILES string of the molecule is CCCCCCCCCCCCCCCCCCCCCCCC(=O)OC(COC(=O)CCCCCCCCCCCCCCC)COC(OCC[N+](C)(C)C)C(=O)[O-]. The van der Waals surface area contributed by atoms with Crippen LogP contribution in [0.15, 0.2) is 0 Å². The Morgan fingerprint density at radius 1 is 0.441 bits per heavy atom. The fourth-order valence-corrected chi connectivity index (χ4v) is 7.42. The van der Waals surface area contributed by atoms with Gasteiger partial charge in [0.25, 0.3) is 0 Å². The van der Waals surface area contributed by atoms with E-state index in [4.69, 9.17) is 18.9 Å². The predicted octanol–water partition coefficient (Wildman–Crippen LogP) is 12.3. The smallest absolute Gasteiger partial charge is 0.306 e. The number of carboxylic acid groups (broad SMARTS) is 1. The Bertz CT molecular complexity index is 938. The molecule has 0 aromatic heterocycles. The minimum absolute atomic E-state index is 0.153. The summed E-state index contributed by atoms with van der Waals surface area (Å²) in [4.78, 5) is 37.1. The summed E-state index contributed by atoms with van der Waals surface area (Å²) < 4.78 is 22.6. The molecule has 0 saturated carbocycles. The second kappa shape index (κ2) is 43.0. The normalized spacial score (nSPS) is 12.8. The third-order valence-corrected chi connectivity index (χ3v) is 11.4. The van der Waals surface area contributed by atoms with Gasteiger partial charge in [0.15, 0.2) is 12.4 Å². The van der Waals surface area contributed by atoms with E-state index in [0.717, 1.165) is 38.5 Å². The predicted molar refractivity (Wildman–Crippen MR) is 242 cm³/mol. The molecule has 2 unspecified atom stereocenters. The van der Waals surface area contributed by atoms with Crippen LogP contribution in [0.5, 0.6) is 0 Å². The van der Waals surface area contributed by atoms with E-state index in [1.165, 1.54) is 180 Å². The summed E-state index contributed by atoms with van der Waals surface area (Å²) >= 11 is 0. The highest BCUT2D eigenvalue weighted by molar-refractivity contribution is 5.70. The molecule has 0 rings (SSSR count). The molecule has 9 heteroatoms. The number of quaternary nitrogens is 1. The molecule has 350 valence electrons. The van der Waals surface area contributed by atoms with Crippen molar-refractivity contribution in [2.24, 2.45) is 0 Å². The van der Waals surface area contributed by atoms with Crippen LogP contribution in [0, 0.1) is 0 Å². The highest BCUT2D eigenvalue weighted by Crippen LogP contribution is 2.17. The molecule has 0 N–H and O–H groups in total. The molecule has 0 amide bonds. The van der Waals surface area contributed by atoms with Crippen LogP contribution in [0.3, 0.4) is 0 Å². The Morgan fingerprint density at radius 2 is 0.763 bits per heavy atom. The van der Waals surface area contributed by atoms with E-state index in [0.29, 0.717) is 17.4 Å². The van der Waals surface area contributed by atoms with Crippen molar-refractivity contribution >= 4 is 17.9 Å². The molecular weight excluding hydrogens is 743 g/mol. The minimum Gasteiger partial charge on any atom is -0.545 e. The molecule has 0 aromatic rings. The second-order valence-corrected chi connectivity index (χ2v) is 18.5. The van der Waals surface area contributed by atoms with E-state index in [1.807, 2.05) is 21.1 Å². The van der Waals surface area contributed by atoms with Gasteiger partial charge in [-0.3, -0.25) is 9.59 Å². The number of ether oxygens (including phenoxy) is 4. The number of esters is 2. The van der Waals surface area contributed by atoms with Crippen LogP contribution >= 0.6 is 0 Å². The zero-order valence-electron chi connectivity index (χ0n) is 39.7. The fraction of sp³-hybridized carbons (Fsp3) is 0.940. The van der Waals surface area contributed by atoms with Gasteiger partial charge >= 0.3 is 11.9 Å². The first-order chi connectivity index (χ1) is 28.6. The van der Waals surface area contributed by atoms with Crippen LogP contribution in [-0.2, 0) is 33.3 Å². The van der Waals surface area contributed by atoms with Gasteiger partial charge in [0, 0.05) is 12.8 Å². The van der Waals surface area contributed by atoms with E-state index >= 15 is 0 Å². The number of carbonyl (C=O) groups excluding carboxylic acids is 3. The van der Waals surface area contributed by atoms with Gasteiger partial charge in [0.2, 0.25) is 0 Å². The lowest BCUT2D eigenvalue weighted by Crippen LogP contribution is -2.44. The average Bonchev–Trinajstić information content (AvgIpc) is 3.19. The van der Waals surface area contributed by atoms with Crippen molar-refractivity contribution in [3.05, 3.63) is 0 Å². The Hall–Kier alpha value is -1.71. The van der Waals surface area contributed by atoms with E-state index in [-0.39, 0.29) is 32.2 Å². The average molecular weight is 840 g/mol. The lowest BCUT2D eigenvalue weighted by molar-refractivity contribution is -0.870. The Morgan fingerprint density at radius 3 is 1.08 bits per heavy atom. The molecule has 0 spiro atoms. The quantitative estimate of drug-likeness (QED) is 0.0258. The zero-order chi connectivity index (χ0) is 43.5. The second-order valence-electron chi connectivity index (χ2n) is 18.5. The number of rotatable bonds is 47. The van der Waals surface area contributed by atoms with E-state index < -0.39 is 24.3 Å². The van der Waals surface area contributed by atoms with Gasteiger partial charge in [0.05, 0.1) is 40.3 Å². The molecule has 0 heterocycles. The highest BCUT2D eigenvalue weighted by Gasteiger charge is 2.22. The van der Waals surface area contributed by atoms with Crippen molar-refractivity contribution in [3.63, 3.8) is 0 Å². The molecule has 0 fully saturated rings. The van der Waals surface area contributed by atoms with Crippen LogP contribution in [0.2, 0.25) is 0 Å². The molecule has 0 aliphatic carbocycles. The third kappa shape index (κ3) is 44.2. The molecule has 0 bridgehead atoms. The summed E-state index contributed by atoms with van der Waals surface area (Å²) in [6.45, 7) is 4.79. The van der Waals surface area contributed by atoms with Crippen LogP contribution in [0.25, 0.3) is 0 Å². The van der Waals surface area contributed by atoms with E-state index in [2.05, 4.69) is 13.8 Å². The Labute approximate surface area is 364 Å². The summed E-state index contributed by atoms with van der Waals surface area (Å²) in [5.74, 6) is -2.26. The van der Waals surface area contributed by atoms with E-state index in [9.17, 15) is 19.5 Å².